The van der Waals surface area contributed by atoms with Crippen molar-refractivity contribution in [2.75, 3.05) is 31.3 Å². The lowest BCUT2D eigenvalue weighted by Crippen LogP contribution is -2.34. The summed E-state index contributed by atoms with van der Waals surface area (Å²) in [6.45, 7) is 4.34. The van der Waals surface area contributed by atoms with Crippen LogP contribution < -0.4 is 10.3 Å². The van der Waals surface area contributed by atoms with Crippen LogP contribution in [-0.4, -0.2) is 45.8 Å². The Bertz CT molecular complexity index is 902. The molecule has 6 nitrogen and oxygen atoms in total. The number of hydrogen-bond donors (Lipinski definition) is 1. The van der Waals surface area contributed by atoms with E-state index < -0.39 is 15.1 Å². The Morgan fingerprint density at radius 1 is 1.18 bits per heavy atom. The molecule has 0 amide bonds. The van der Waals surface area contributed by atoms with E-state index in [1.54, 1.807) is 17.1 Å². The number of para-hydroxylation sites is 1. The summed E-state index contributed by atoms with van der Waals surface area (Å²) >= 11 is 5.91. The molecule has 0 saturated carbocycles. The minimum atomic E-state index is -3.66. The molecule has 1 unspecified atom stereocenters. The van der Waals surface area contributed by atoms with Crippen molar-refractivity contribution in [3.05, 3.63) is 59.6 Å². The van der Waals surface area contributed by atoms with Crippen LogP contribution in [0, 0.1) is 0 Å². The highest BCUT2D eigenvalue weighted by molar-refractivity contribution is 7.92. The van der Waals surface area contributed by atoms with E-state index in [0.29, 0.717) is 11.6 Å². The van der Waals surface area contributed by atoms with Crippen LogP contribution in [0.2, 0.25) is 5.02 Å². The maximum absolute atomic E-state index is 13.2. The molecule has 1 N–H and O–H groups in total. The highest BCUT2D eigenvalue weighted by Gasteiger charge is 2.40. The molecule has 0 radical (unpaired) electrons. The van der Waals surface area contributed by atoms with E-state index in [9.17, 15) is 8.42 Å². The third kappa shape index (κ3) is 4.84. The fraction of sp³-hybridized carbons (Fsp3) is 0.350. The van der Waals surface area contributed by atoms with Gasteiger partial charge in [0.15, 0.2) is 15.1 Å². The molecular weight excluding hydrogens is 398 g/mol. The first-order chi connectivity index (χ1) is 13.5. The highest BCUT2D eigenvalue weighted by Crippen LogP contribution is 2.27. The largest absolute Gasteiger partial charge is 0.479 e. The molecule has 28 heavy (non-hydrogen) atoms. The van der Waals surface area contributed by atoms with E-state index in [4.69, 9.17) is 16.3 Å². The molecule has 1 atom stereocenters. The third-order valence-electron chi connectivity index (χ3n) is 4.40. The lowest BCUT2D eigenvalue weighted by atomic mass is 10.3. The molecule has 0 bridgehead atoms. The number of ether oxygens (including phenoxy) is 1. The van der Waals surface area contributed by atoms with E-state index in [0.717, 1.165) is 25.2 Å². The van der Waals surface area contributed by atoms with Gasteiger partial charge in [-0.2, -0.15) is 0 Å². The van der Waals surface area contributed by atoms with E-state index >= 15 is 0 Å². The first-order valence-electron chi connectivity index (χ1n) is 9.26. The van der Waals surface area contributed by atoms with Gasteiger partial charge in [-0.15, -0.1) is 5.10 Å². The normalized spacial score (nSPS) is 16.9. The number of sulfone groups is 1. The van der Waals surface area contributed by atoms with E-state index in [2.05, 4.69) is 10.4 Å². The minimum absolute atomic E-state index is 0.206. The number of nitrogens with one attached hydrogen (secondary N) is 1. The van der Waals surface area contributed by atoms with Crippen LogP contribution >= 0.6 is 11.6 Å². The molecule has 0 aromatic heterocycles. The summed E-state index contributed by atoms with van der Waals surface area (Å²) in [6.07, 6.45) is 0.770. The van der Waals surface area contributed by atoms with Gasteiger partial charge in [0.25, 0.3) is 0 Å². The van der Waals surface area contributed by atoms with Gasteiger partial charge >= 0.3 is 0 Å². The van der Waals surface area contributed by atoms with Gasteiger partial charge in [0.05, 0.1) is 23.7 Å². The SMILES string of the molecule is CCNCCCOC1=NN(c2ccccc2)CC1S(=O)(=O)c1ccc(Cl)cc1. The van der Waals surface area contributed by atoms with Crippen molar-refractivity contribution >= 4 is 33.0 Å². The number of benzene rings is 2. The zero-order valence-corrected chi connectivity index (χ0v) is 17.3. The molecule has 1 heterocycles. The van der Waals surface area contributed by atoms with E-state index in [1.165, 1.54) is 12.1 Å². The second kappa shape index (κ2) is 9.41. The van der Waals surface area contributed by atoms with Crippen molar-refractivity contribution in [1.29, 1.82) is 0 Å². The summed E-state index contributed by atoms with van der Waals surface area (Å²) < 4.78 is 32.3. The van der Waals surface area contributed by atoms with Crippen LogP contribution in [0.25, 0.3) is 0 Å². The van der Waals surface area contributed by atoms with Crippen LogP contribution in [-0.2, 0) is 14.6 Å². The van der Waals surface area contributed by atoms with Crippen LogP contribution in [0.1, 0.15) is 13.3 Å². The Morgan fingerprint density at radius 2 is 1.89 bits per heavy atom. The minimum Gasteiger partial charge on any atom is -0.479 e. The van der Waals surface area contributed by atoms with Crippen molar-refractivity contribution < 1.29 is 13.2 Å². The Kier molecular flexibility index (Phi) is 6.93. The summed E-state index contributed by atoms with van der Waals surface area (Å²) in [5.74, 6) is 0.232. The second-order valence-corrected chi connectivity index (χ2v) is 8.97. The molecule has 0 saturated heterocycles. The topological polar surface area (TPSA) is 71.0 Å². The van der Waals surface area contributed by atoms with Crippen molar-refractivity contribution in [1.82, 2.24) is 5.32 Å². The summed E-state index contributed by atoms with van der Waals surface area (Å²) in [5.41, 5.74) is 0.824. The maximum atomic E-state index is 13.2. The van der Waals surface area contributed by atoms with E-state index in [-0.39, 0.29) is 17.3 Å². The fourth-order valence-electron chi connectivity index (χ4n) is 2.91. The van der Waals surface area contributed by atoms with Crippen molar-refractivity contribution in [3.8, 4) is 0 Å². The molecule has 2 aromatic rings. The number of anilines is 1. The number of rotatable bonds is 8. The quantitative estimate of drug-likeness (QED) is 0.662. The summed E-state index contributed by atoms with van der Waals surface area (Å²) in [5, 5.41) is 8.99. The molecular formula is C20H24ClN3O3S. The second-order valence-electron chi connectivity index (χ2n) is 6.40. The smallest absolute Gasteiger partial charge is 0.227 e. The molecule has 2 aromatic carbocycles. The third-order valence-corrected chi connectivity index (χ3v) is 6.68. The lowest BCUT2D eigenvalue weighted by Gasteiger charge is -2.16. The standard InChI is InChI=1S/C20H24ClN3O3S/c1-2-22-13-6-14-27-20-19(15-24(23-20)17-7-4-3-5-8-17)28(25,26)18-11-9-16(21)10-12-18/h3-5,7-12,19,22H,2,6,13-15H2,1H3. The Balaban J connectivity index is 1.82. The molecule has 150 valence electrons. The predicted octanol–water partition coefficient (Wildman–Crippen LogP) is 3.33. The predicted molar refractivity (Wildman–Crippen MR) is 113 cm³/mol. The average Bonchev–Trinajstić information content (AvgIpc) is 3.14. The fourth-order valence-corrected chi connectivity index (χ4v) is 4.60. The van der Waals surface area contributed by atoms with Gasteiger partial charge in [-0.05, 0) is 55.9 Å². The van der Waals surface area contributed by atoms with Crippen molar-refractivity contribution in [2.45, 2.75) is 23.5 Å². The molecule has 3 rings (SSSR count). The maximum Gasteiger partial charge on any atom is 0.227 e. The van der Waals surface area contributed by atoms with E-state index in [1.807, 2.05) is 37.3 Å². The molecule has 1 aliphatic heterocycles. The van der Waals surface area contributed by atoms with Gasteiger partial charge < -0.3 is 10.1 Å². The van der Waals surface area contributed by atoms with Gasteiger partial charge in [-0.25, -0.2) is 8.42 Å². The van der Waals surface area contributed by atoms with Gasteiger partial charge in [0, 0.05) is 5.02 Å². The van der Waals surface area contributed by atoms with Crippen molar-refractivity contribution in [3.63, 3.8) is 0 Å². The first kappa shape index (κ1) is 20.6. The van der Waals surface area contributed by atoms with Crippen molar-refractivity contribution in [2.24, 2.45) is 5.10 Å². The monoisotopic (exact) mass is 421 g/mol. The Labute approximate surface area is 171 Å². The lowest BCUT2D eigenvalue weighted by molar-refractivity contribution is 0.291. The number of halogens is 1. The highest BCUT2D eigenvalue weighted by atomic mass is 35.5. The molecule has 0 fully saturated rings. The Morgan fingerprint density at radius 3 is 2.57 bits per heavy atom. The molecule has 8 heteroatoms. The Hall–Kier alpha value is -2.09. The number of nitrogens with zero attached hydrogens (tertiary/aromatic N) is 2. The number of hydrogen-bond acceptors (Lipinski definition) is 6. The summed E-state index contributed by atoms with van der Waals surface area (Å²) in [4.78, 5) is 0.209. The van der Waals surface area contributed by atoms with Crippen LogP contribution in [0.5, 0.6) is 0 Å². The van der Waals surface area contributed by atoms with Crippen LogP contribution in [0.15, 0.2) is 64.6 Å². The molecule has 0 spiro atoms. The first-order valence-corrected chi connectivity index (χ1v) is 11.2. The van der Waals surface area contributed by atoms with Gasteiger partial charge in [0.1, 0.15) is 0 Å². The summed E-state index contributed by atoms with van der Waals surface area (Å²) in [7, 11) is -3.66. The summed E-state index contributed by atoms with van der Waals surface area (Å²) in [6, 6.07) is 15.7. The van der Waals surface area contributed by atoms with Crippen LogP contribution in [0.3, 0.4) is 0 Å². The zero-order chi connectivity index (χ0) is 20.0. The van der Waals surface area contributed by atoms with Crippen LogP contribution in [0.4, 0.5) is 5.69 Å². The average molecular weight is 422 g/mol. The van der Waals surface area contributed by atoms with Gasteiger partial charge in [0.2, 0.25) is 5.90 Å². The van der Waals surface area contributed by atoms with Gasteiger partial charge in [-0.1, -0.05) is 36.7 Å². The zero-order valence-electron chi connectivity index (χ0n) is 15.7. The van der Waals surface area contributed by atoms with Gasteiger partial charge in [-0.3, -0.25) is 5.01 Å². The number of hydrazone groups is 1. The molecule has 1 aliphatic rings. The molecule has 0 aliphatic carbocycles.